The Kier molecular flexibility index (Phi) is 5.08. The number of rotatable bonds is 3. The van der Waals surface area contributed by atoms with Gasteiger partial charge in [0.25, 0.3) is 11.6 Å². The van der Waals surface area contributed by atoms with Gasteiger partial charge in [0.15, 0.2) is 5.17 Å². The summed E-state index contributed by atoms with van der Waals surface area (Å²) in [7, 11) is 0. The minimum absolute atomic E-state index is 0.0441. The van der Waals surface area contributed by atoms with Crippen LogP contribution in [-0.2, 0) is 4.79 Å². The van der Waals surface area contributed by atoms with Gasteiger partial charge in [0.1, 0.15) is 0 Å². The Labute approximate surface area is 156 Å². The predicted octanol–water partition coefficient (Wildman–Crippen LogP) is 4.79. The molecule has 0 spiro atoms. The van der Waals surface area contributed by atoms with Crippen molar-refractivity contribution in [2.24, 2.45) is 4.99 Å². The first-order valence-corrected chi connectivity index (χ1v) is 8.49. The molecule has 1 N–H and O–H groups in total. The van der Waals surface area contributed by atoms with Gasteiger partial charge in [-0.1, -0.05) is 41.4 Å². The molecule has 1 saturated heterocycles. The summed E-state index contributed by atoms with van der Waals surface area (Å²) in [5, 5.41) is 14.5. The lowest BCUT2D eigenvalue weighted by Crippen LogP contribution is -2.19. The monoisotopic (exact) mass is 393 g/mol. The van der Waals surface area contributed by atoms with Crippen molar-refractivity contribution in [1.82, 2.24) is 5.32 Å². The molecule has 126 valence electrons. The van der Waals surface area contributed by atoms with Crippen molar-refractivity contribution in [1.29, 1.82) is 0 Å². The number of benzene rings is 2. The molecule has 2 aromatic carbocycles. The van der Waals surface area contributed by atoms with Gasteiger partial charge in [-0.3, -0.25) is 14.9 Å². The number of amidine groups is 1. The molecular weight excluding hydrogens is 385 g/mol. The van der Waals surface area contributed by atoms with E-state index in [1.165, 1.54) is 12.1 Å². The number of carbonyl (C=O) groups excluding carboxylic acids is 1. The molecule has 3 rings (SSSR count). The molecule has 0 unspecified atom stereocenters. The number of nitro benzene ring substituents is 1. The van der Waals surface area contributed by atoms with Crippen LogP contribution in [0.2, 0.25) is 10.0 Å². The molecule has 0 radical (unpaired) electrons. The molecule has 25 heavy (non-hydrogen) atoms. The van der Waals surface area contributed by atoms with Crippen molar-refractivity contribution in [3.05, 3.63) is 73.1 Å². The van der Waals surface area contributed by atoms with E-state index >= 15 is 0 Å². The Bertz CT molecular complexity index is 944. The molecule has 0 aliphatic carbocycles. The number of hydrogen-bond donors (Lipinski definition) is 1. The smallest absolute Gasteiger partial charge is 0.270 e. The van der Waals surface area contributed by atoms with E-state index in [2.05, 4.69) is 10.3 Å². The Balaban J connectivity index is 1.87. The van der Waals surface area contributed by atoms with Gasteiger partial charge in [0, 0.05) is 12.1 Å². The lowest BCUT2D eigenvalue weighted by Gasteiger charge is -2.00. The van der Waals surface area contributed by atoms with Crippen LogP contribution in [0, 0.1) is 10.1 Å². The number of thioether (sulfide) groups is 1. The lowest BCUT2D eigenvalue weighted by molar-refractivity contribution is -0.384. The molecule has 2 aromatic rings. The van der Waals surface area contributed by atoms with Crippen molar-refractivity contribution in [2.45, 2.75) is 0 Å². The maximum Gasteiger partial charge on any atom is 0.270 e. The number of non-ortho nitro benzene ring substituents is 1. The fourth-order valence-electron chi connectivity index (χ4n) is 2.05. The maximum absolute atomic E-state index is 12.1. The zero-order valence-electron chi connectivity index (χ0n) is 12.4. The van der Waals surface area contributed by atoms with Gasteiger partial charge in [-0.15, -0.1) is 0 Å². The summed E-state index contributed by atoms with van der Waals surface area (Å²) in [6.45, 7) is 0. The average Bonchev–Trinajstić information content (AvgIpc) is 2.91. The molecule has 9 heteroatoms. The first-order chi connectivity index (χ1) is 11.9. The maximum atomic E-state index is 12.1. The van der Waals surface area contributed by atoms with E-state index in [4.69, 9.17) is 23.2 Å². The second kappa shape index (κ2) is 7.26. The third-order valence-electron chi connectivity index (χ3n) is 3.18. The van der Waals surface area contributed by atoms with E-state index in [-0.39, 0.29) is 11.6 Å². The second-order valence-electron chi connectivity index (χ2n) is 4.91. The molecular formula is C16H9Cl2N3O3S. The van der Waals surface area contributed by atoms with Crippen molar-refractivity contribution in [3.63, 3.8) is 0 Å². The molecule has 0 aromatic heterocycles. The number of carbonyl (C=O) groups is 1. The van der Waals surface area contributed by atoms with E-state index in [0.717, 1.165) is 11.8 Å². The van der Waals surface area contributed by atoms with Gasteiger partial charge in [-0.05, 0) is 35.5 Å². The van der Waals surface area contributed by atoms with Crippen LogP contribution in [0.25, 0.3) is 6.08 Å². The highest BCUT2D eigenvalue weighted by atomic mass is 35.5. The zero-order chi connectivity index (χ0) is 18.0. The molecule has 1 aliphatic rings. The summed E-state index contributed by atoms with van der Waals surface area (Å²) < 4.78 is 0. The molecule has 1 fully saturated rings. The number of halogens is 2. The lowest BCUT2D eigenvalue weighted by atomic mass is 10.2. The first-order valence-electron chi connectivity index (χ1n) is 6.92. The van der Waals surface area contributed by atoms with E-state index in [0.29, 0.717) is 31.4 Å². The third kappa shape index (κ3) is 4.01. The fourth-order valence-corrected chi connectivity index (χ4v) is 3.22. The first kappa shape index (κ1) is 17.5. The van der Waals surface area contributed by atoms with Crippen LogP contribution in [-0.4, -0.2) is 16.0 Å². The number of aliphatic imine (C=N–C) groups is 1. The highest BCUT2D eigenvalue weighted by Gasteiger charge is 2.24. The zero-order valence-corrected chi connectivity index (χ0v) is 14.7. The van der Waals surface area contributed by atoms with Gasteiger partial charge in [0.05, 0.1) is 25.6 Å². The van der Waals surface area contributed by atoms with E-state index in [1.807, 2.05) is 0 Å². The highest BCUT2D eigenvalue weighted by molar-refractivity contribution is 8.18. The van der Waals surface area contributed by atoms with Gasteiger partial charge in [-0.2, -0.15) is 0 Å². The quantitative estimate of drug-likeness (QED) is 0.461. The largest absolute Gasteiger partial charge is 0.300 e. The topological polar surface area (TPSA) is 84.6 Å². The minimum atomic E-state index is -0.488. The van der Waals surface area contributed by atoms with Crippen molar-refractivity contribution in [3.8, 4) is 0 Å². The Hall–Kier alpha value is -2.35. The highest BCUT2D eigenvalue weighted by Crippen LogP contribution is 2.34. The van der Waals surface area contributed by atoms with Crippen molar-refractivity contribution >= 4 is 63.5 Å². The van der Waals surface area contributed by atoms with Crippen LogP contribution in [0.1, 0.15) is 5.56 Å². The summed E-state index contributed by atoms with van der Waals surface area (Å²) >= 11 is 13.1. The molecule has 1 amide bonds. The van der Waals surface area contributed by atoms with E-state index < -0.39 is 4.92 Å². The third-order valence-corrected chi connectivity index (χ3v) is 4.90. The van der Waals surface area contributed by atoms with Crippen molar-refractivity contribution < 1.29 is 9.72 Å². The van der Waals surface area contributed by atoms with E-state index in [1.54, 1.807) is 36.4 Å². The number of nitrogens with one attached hydrogen (secondary N) is 1. The fraction of sp³-hybridized carbons (Fsp3) is 0. The second-order valence-corrected chi connectivity index (χ2v) is 6.72. The summed E-state index contributed by atoms with van der Waals surface area (Å²) in [5.74, 6) is -0.339. The SMILES string of the molecule is O=C1NC(=Nc2cccc(Cl)c2Cl)S/C1=C/c1cccc([N+](=O)[O-])c1. The number of amides is 1. The number of nitrogens with zero attached hydrogens (tertiary/aromatic N) is 2. The summed E-state index contributed by atoms with van der Waals surface area (Å²) in [5.41, 5.74) is 0.944. The van der Waals surface area contributed by atoms with Crippen LogP contribution in [0.15, 0.2) is 52.4 Å². The molecule has 1 aliphatic heterocycles. The molecule has 0 saturated carbocycles. The molecule has 1 heterocycles. The Morgan fingerprint density at radius 2 is 1.96 bits per heavy atom. The normalized spacial score (nSPS) is 17.1. The summed E-state index contributed by atoms with van der Waals surface area (Å²) in [4.78, 5) is 27.1. The minimum Gasteiger partial charge on any atom is -0.300 e. The predicted molar refractivity (Wildman–Crippen MR) is 100 cm³/mol. The van der Waals surface area contributed by atoms with Gasteiger partial charge in [-0.25, -0.2) is 4.99 Å². The van der Waals surface area contributed by atoms with Crippen molar-refractivity contribution in [2.75, 3.05) is 0 Å². The van der Waals surface area contributed by atoms with Gasteiger partial charge >= 0.3 is 0 Å². The molecule has 0 atom stereocenters. The van der Waals surface area contributed by atoms with Gasteiger partial charge in [0.2, 0.25) is 0 Å². The van der Waals surface area contributed by atoms with Crippen LogP contribution in [0.3, 0.4) is 0 Å². The van der Waals surface area contributed by atoms with Gasteiger partial charge < -0.3 is 5.32 Å². The van der Waals surface area contributed by atoms with Crippen LogP contribution < -0.4 is 5.32 Å². The number of hydrogen-bond acceptors (Lipinski definition) is 5. The number of nitro groups is 1. The molecule has 6 nitrogen and oxygen atoms in total. The average molecular weight is 394 g/mol. The van der Waals surface area contributed by atoms with E-state index in [9.17, 15) is 14.9 Å². The molecule has 0 bridgehead atoms. The summed E-state index contributed by atoms with van der Waals surface area (Å²) in [6.07, 6.45) is 1.56. The Morgan fingerprint density at radius 1 is 1.20 bits per heavy atom. The van der Waals surface area contributed by atoms with Crippen LogP contribution in [0.4, 0.5) is 11.4 Å². The Morgan fingerprint density at radius 3 is 2.72 bits per heavy atom. The summed E-state index contributed by atoms with van der Waals surface area (Å²) in [6, 6.07) is 11.0. The van der Waals surface area contributed by atoms with Crippen LogP contribution in [0.5, 0.6) is 0 Å². The standard InChI is InChI=1S/C16H9Cl2N3O3S/c17-11-5-2-6-12(14(11)18)19-16-20-15(22)13(25-16)8-9-3-1-4-10(7-9)21(23)24/h1-8H,(H,19,20,22)/b13-8+. The van der Waals surface area contributed by atoms with Crippen LogP contribution >= 0.6 is 35.0 Å².